The van der Waals surface area contributed by atoms with Gasteiger partial charge in [0.1, 0.15) is 5.82 Å². The highest BCUT2D eigenvalue weighted by atomic mass is 15.4. The summed E-state index contributed by atoms with van der Waals surface area (Å²) in [5.74, 6) is 3.69. The minimum absolute atomic E-state index is 0.0850. The Hall–Kier alpha value is -0.990. The lowest BCUT2D eigenvalue weighted by Gasteiger charge is -2.56. The van der Waals surface area contributed by atoms with Crippen LogP contribution in [-0.4, -0.2) is 9.78 Å². The van der Waals surface area contributed by atoms with Crippen molar-refractivity contribution in [2.24, 2.45) is 17.8 Å². The maximum absolute atomic E-state index is 6.36. The number of nitrogens with two attached hydrogens (primary N) is 1. The summed E-state index contributed by atoms with van der Waals surface area (Å²) in [6, 6.07) is 2.11. The molecule has 0 radical (unpaired) electrons. The Morgan fingerprint density at radius 3 is 2.00 bits per heavy atom. The van der Waals surface area contributed by atoms with Crippen molar-refractivity contribution in [1.29, 1.82) is 0 Å². The van der Waals surface area contributed by atoms with Gasteiger partial charge in [-0.05, 0) is 56.3 Å². The zero-order valence-electron chi connectivity index (χ0n) is 13.0. The van der Waals surface area contributed by atoms with Gasteiger partial charge >= 0.3 is 0 Å². The Labute approximate surface area is 121 Å². The van der Waals surface area contributed by atoms with Crippen LogP contribution in [-0.2, 0) is 11.0 Å². The summed E-state index contributed by atoms with van der Waals surface area (Å²) in [4.78, 5) is 0. The Bertz CT molecular complexity index is 500. The molecule has 4 bridgehead atoms. The van der Waals surface area contributed by atoms with Crippen molar-refractivity contribution in [1.82, 2.24) is 9.78 Å². The average molecular weight is 273 g/mol. The van der Waals surface area contributed by atoms with E-state index in [0.29, 0.717) is 0 Å². The summed E-state index contributed by atoms with van der Waals surface area (Å²) < 4.78 is 2.23. The number of nitrogens with zero attached hydrogens (tertiary/aromatic N) is 2. The van der Waals surface area contributed by atoms with Gasteiger partial charge in [0.05, 0.1) is 11.2 Å². The van der Waals surface area contributed by atoms with Gasteiger partial charge in [0.2, 0.25) is 0 Å². The van der Waals surface area contributed by atoms with Gasteiger partial charge in [-0.15, -0.1) is 0 Å². The molecule has 1 aromatic rings. The van der Waals surface area contributed by atoms with Crippen LogP contribution in [0.5, 0.6) is 0 Å². The summed E-state index contributed by atoms with van der Waals surface area (Å²) in [5.41, 5.74) is 7.84. The topological polar surface area (TPSA) is 43.8 Å². The Kier molecular flexibility index (Phi) is 2.42. The predicted molar refractivity (Wildman–Crippen MR) is 81.5 cm³/mol. The molecule has 1 aromatic heterocycles. The minimum Gasteiger partial charge on any atom is -0.384 e. The molecular formula is C17H27N3. The van der Waals surface area contributed by atoms with Crippen molar-refractivity contribution in [3.05, 3.63) is 11.8 Å². The number of hydrogen-bond donors (Lipinski definition) is 1. The van der Waals surface area contributed by atoms with Crippen LogP contribution in [0.1, 0.15) is 65.0 Å². The summed E-state index contributed by atoms with van der Waals surface area (Å²) in [7, 11) is 0. The van der Waals surface area contributed by atoms with E-state index in [4.69, 9.17) is 10.8 Å². The number of hydrogen-bond acceptors (Lipinski definition) is 2. The molecule has 0 amide bonds. The van der Waals surface area contributed by atoms with Crippen molar-refractivity contribution >= 4 is 5.82 Å². The number of anilines is 1. The molecule has 4 saturated carbocycles. The van der Waals surface area contributed by atoms with Gasteiger partial charge < -0.3 is 5.73 Å². The largest absolute Gasteiger partial charge is 0.384 e. The third-order valence-corrected chi connectivity index (χ3v) is 5.96. The van der Waals surface area contributed by atoms with Gasteiger partial charge in [-0.1, -0.05) is 20.8 Å². The lowest BCUT2D eigenvalue weighted by Crippen LogP contribution is -2.52. The first-order chi connectivity index (χ1) is 9.36. The lowest BCUT2D eigenvalue weighted by atomic mass is 9.53. The van der Waals surface area contributed by atoms with Crippen LogP contribution in [0, 0.1) is 17.8 Å². The Balaban J connectivity index is 1.76. The van der Waals surface area contributed by atoms with E-state index < -0.39 is 0 Å². The third kappa shape index (κ3) is 1.74. The summed E-state index contributed by atoms with van der Waals surface area (Å²) in [6.07, 6.45) is 8.34. The summed E-state index contributed by atoms with van der Waals surface area (Å²) in [5, 5.41) is 4.96. The highest BCUT2D eigenvalue weighted by molar-refractivity contribution is 5.35. The molecule has 4 fully saturated rings. The molecule has 0 aliphatic heterocycles. The predicted octanol–water partition coefficient (Wildman–Crippen LogP) is 3.69. The fraction of sp³-hybridized carbons (Fsp3) is 0.824. The molecule has 0 saturated heterocycles. The SMILES string of the molecule is CC(C)(C)c1cc(N)n(C23CC4CC(CC(C4)C2)C3)n1. The number of nitrogen functional groups attached to an aromatic ring is 1. The lowest BCUT2D eigenvalue weighted by molar-refractivity contribution is -0.0484. The molecule has 2 N–H and O–H groups in total. The van der Waals surface area contributed by atoms with Gasteiger partial charge in [0.15, 0.2) is 0 Å². The van der Waals surface area contributed by atoms with Gasteiger partial charge in [-0.2, -0.15) is 5.10 Å². The van der Waals surface area contributed by atoms with Crippen LogP contribution >= 0.6 is 0 Å². The second-order valence-electron chi connectivity index (χ2n) is 8.76. The first-order valence-electron chi connectivity index (χ1n) is 8.22. The molecule has 5 rings (SSSR count). The Morgan fingerprint density at radius 2 is 1.60 bits per heavy atom. The monoisotopic (exact) mass is 273 g/mol. The molecule has 0 aromatic carbocycles. The molecule has 3 heteroatoms. The standard InChI is InChI=1S/C17H27N3/c1-16(2,3)14-7-15(18)20(19-14)17-8-11-4-12(9-17)6-13(5-11)10-17/h7,11-13H,4-6,8-10,18H2,1-3H3. The molecule has 1 heterocycles. The van der Waals surface area contributed by atoms with Crippen LogP contribution < -0.4 is 5.73 Å². The van der Waals surface area contributed by atoms with E-state index in [1.807, 2.05) is 0 Å². The maximum Gasteiger partial charge on any atom is 0.122 e. The molecule has 3 nitrogen and oxygen atoms in total. The molecule has 110 valence electrons. The van der Waals surface area contributed by atoms with Crippen molar-refractivity contribution in [2.45, 2.75) is 70.3 Å². The number of aromatic nitrogens is 2. The van der Waals surface area contributed by atoms with Gasteiger partial charge in [-0.3, -0.25) is 0 Å². The molecule has 4 aliphatic carbocycles. The second kappa shape index (κ2) is 3.80. The fourth-order valence-corrected chi connectivity index (χ4v) is 5.47. The van der Waals surface area contributed by atoms with Crippen LogP contribution in [0.2, 0.25) is 0 Å². The van der Waals surface area contributed by atoms with Crippen LogP contribution in [0.15, 0.2) is 6.07 Å². The second-order valence-corrected chi connectivity index (χ2v) is 8.76. The zero-order chi connectivity index (χ0) is 14.1. The van der Waals surface area contributed by atoms with Gasteiger partial charge in [-0.25, -0.2) is 4.68 Å². The molecule has 0 unspecified atom stereocenters. The van der Waals surface area contributed by atoms with Crippen molar-refractivity contribution in [2.75, 3.05) is 5.73 Å². The van der Waals surface area contributed by atoms with Gasteiger partial charge in [0, 0.05) is 11.5 Å². The summed E-state index contributed by atoms with van der Waals surface area (Å²) >= 11 is 0. The van der Waals surface area contributed by atoms with E-state index in [0.717, 1.165) is 29.3 Å². The van der Waals surface area contributed by atoms with E-state index in [2.05, 4.69) is 31.5 Å². The molecule has 0 atom stereocenters. The third-order valence-electron chi connectivity index (χ3n) is 5.96. The van der Waals surface area contributed by atoms with E-state index in [-0.39, 0.29) is 11.0 Å². The fourth-order valence-electron chi connectivity index (χ4n) is 5.47. The zero-order valence-corrected chi connectivity index (χ0v) is 13.0. The molecular weight excluding hydrogens is 246 g/mol. The summed E-state index contributed by atoms with van der Waals surface area (Å²) in [6.45, 7) is 6.66. The number of rotatable bonds is 1. The maximum atomic E-state index is 6.36. The van der Waals surface area contributed by atoms with Crippen LogP contribution in [0.25, 0.3) is 0 Å². The minimum atomic E-state index is 0.0850. The molecule has 20 heavy (non-hydrogen) atoms. The normalized spacial score (nSPS) is 39.5. The van der Waals surface area contributed by atoms with E-state index >= 15 is 0 Å². The first-order valence-corrected chi connectivity index (χ1v) is 8.22. The van der Waals surface area contributed by atoms with Crippen LogP contribution in [0.3, 0.4) is 0 Å². The smallest absolute Gasteiger partial charge is 0.122 e. The molecule has 0 spiro atoms. The average Bonchev–Trinajstić information content (AvgIpc) is 2.69. The van der Waals surface area contributed by atoms with Crippen LogP contribution in [0.4, 0.5) is 5.82 Å². The van der Waals surface area contributed by atoms with E-state index in [1.54, 1.807) is 0 Å². The highest BCUT2D eigenvalue weighted by Gasteiger charge is 2.53. The van der Waals surface area contributed by atoms with Crippen molar-refractivity contribution in [3.63, 3.8) is 0 Å². The van der Waals surface area contributed by atoms with Crippen molar-refractivity contribution in [3.8, 4) is 0 Å². The van der Waals surface area contributed by atoms with Crippen molar-refractivity contribution < 1.29 is 0 Å². The quantitative estimate of drug-likeness (QED) is 0.848. The van der Waals surface area contributed by atoms with Gasteiger partial charge in [0.25, 0.3) is 0 Å². The Morgan fingerprint density at radius 1 is 1.10 bits per heavy atom. The highest BCUT2D eigenvalue weighted by Crippen LogP contribution is 2.59. The van der Waals surface area contributed by atoms with E-state index in [9.17, 15) is 0 Å². The first kappa shape index (κ1) is 12.7. The molecule has 4 aliphatic rings. The van der Waals surface area contributed by atoms with E-state index in [1.165, 1.54) is 38.5 Å².